The standard InChI is InChI=1S/C10H15N.ClH/c1-9(7-8-11)10-5-3-2-4-6-10;/h2-6,9H,7-8,11H2,1H3;1H/t9-;/m0./s1. The van der Waals surface area contributed by atoms with Gasteiger partial charge in [-0.15, -0.1) is 12.4 Å². The summed E-state index contributed by atoms with van der Waals surface area (Å²) in [5.41, 5.74) is 6.85. The van der Waals surface area contributed by atoms with E-state index in [0.29, 0.717) is 5.92 Å². The summed E-state index contributed by atoms with van der Waals surface area (Å²) < 4.78 is 0. The van der Waals surface area contributed by atoms with Crippen molar-refractivity contribution in [2.45, 2.75) is 19.3 Å². The first kappa shape index (κ1) is 11.5. The van der Waals surface area contributed by atoms with Gasteiger partial charge in [0.25, 0.3) is 0 Å². The highest BCUT2D eigenvalue weighted by atomic mass is 35.5. The fourth-order valence-corrected chi connectivity index (χ4v) is 1.20. The van der Waals surface area contributed by atoms with Crippen LogP contribution in [0.4, 0.5) is 0 Å². The predicted molar refractivity (Wildman–Crippen MR) is 55.8 cm³/mol. The molecule has 0 saturated heterocycles. The van der Waals surface area contributed by atoms with Crippen molar-refractivity contribution in [2.24, 2.45) is 5.73 Å². The van der Waals surface area contributed by atoms with Crippen LogP contribution in [0.3, 0.4) is 0 Å². The number of nitrogens with two attached hydrogens (primary N) is 1. The summed E-state index contributed by atoms with van der Waals surface area (Å²) in [5, 5.41) is 0. The van der Waals surface area contributed by atoms with Crippen molar-refractivity contribution in [1.29, 1.82) is 0 Å². The van der Waals surface area contributed by atoms with Crippen molar-refractivity contribution in [3.8, 4) is 0 Å². The molecule has 1 aromatic carbocycles. The van der Waals surface area contributed by atoms with Crippen LogP contribution in [0.25, 0.3) is 0 Å². The Hall–Kier alpha value is -0.530. The van der Waals surface area contributed by atoms with Gasteiger partial charge in [0, 0.05) is 0 Å². The Kier molecular flexibility index (Phi) is 5.77. The molecule has 0 bridgehead atoms. The Bertz CT molecular complexity index is 198. The molecule has 0 spiro atoms. The van der Waals surface area contributed by atoms with Gasteiger partial charge in [-0.3, -0.25) is 0 Å². The predicted octanol–water partition coefficient (Wildman–Crippen LogP) is 2.56. The molecule has 68 valence electrons. The lowest BCUT2D eigenvalue weighted by molar-refractivity contribution is 0.690. The first-order valence-corrected chi connectivity index (χ1v) is 4.09. The average Bonchev–Trinajstić information content (AvgIpc) is 2.07. The Morgan fingerprint density at radius 2 is 1.83 bits per heavy atom. The van der Waals surface area contributed by atoms with E-state index in [1.54, 1.807) is 0 Å². The molecule has 0 amide bonds. The maximum absolute atomic E-state index is 5.47. The molecular weight excluding hydrogens is 170 g/mol. The van der Waals surface area contributed by atoms with Crippen molar-refractivity contribution in [3.05, 3.63) is 35.9 Å². The summed E-state index contributed by atoms with van der Waals surface area (Å²) in [5.74, 6) is 0.598. The molecule has 0 aliphatic rings. The van der Waals surface area contributed by atoms with Crippen LogP contribution < -0.4 is 5.73 Å². The molecule has 1 aromatic rings. The van der Waals surface area contributed by atoms with Crippen LogP contribution in [0.5, 0.6) is 0 Å². The van der Waals surface area contributed by atoms with Gasteiger partial charge >= 0.3 is 0 Å². The highest BCUT2D eigenvalue weighted by Gasteiger charge is 2.01. The maximum atomic E-state index is 5.47. The minimum absolute atomic E-state index is 0. The molecule has 0 fully saturated rings. The number of halogens is 1. The van der Waals surface area contributed by atoms with Crippen molar-refractivity contribution < 1.29 is 0 Å². The van der Waals surface area contributed by atoms with Crippen molar-refractivity contribution in [2.75, 3.05) is 6.54 Å². The molecule has 0 unspecified atom stereocenters. The molecule has 0 aliphatic carbocycles. The summed E-state index contributed by atoms with van der Waals surface area (Å²) in [4.78, 5) is 0. The largest absolute Gasteiger partial charge is 0.330 e. The third-order valence-electron chi connectivity index (χ3n) is 1.97. The third kappa shape index (κ3) is 3.24. The number of hydrogen-bond acceptors (Lipinski definition) is 1. The van der Waals surface area contributed by atoms with Gasteiger partial charge in [0.1, 0.15) is 0 Å². The molecule has 0 aliphatic heterocycles. The fourth-order valence-electron chi connectivity index (χ4n) is 1.20. The van der Waals surface area contributed by atoms with E-state index in [1.165, 1.54) is 5.56 Å². The van der Waals surface area contributed by atoms with E-state index in [2.05, 4.69) is 31.2 Å². The van der Waals surface area contributed by atoms with Crippen LogP contribution >= 0.6 is 12.4 Å². The van der Waals surface area contributed by atoms with E-state index < -0.39 is 0 Å². The lowest BCUT2D eigenvalue weighted by atomic mass is 9.98. The van der Waals surface area contributed by atoms with Crippen molar-refractivity contribution >= 4 is 12.4 Å². The van der Waals surface area contributed by atoms with Gasteiger partial charge in [-0.1, -0.05) is 37.3 Å². The van der Waals surface area contributed by atoms with Gasteiger partial charge < -0.3 is 5.73 Å². The van der Waals surface area contributed by atoms with E-state index in [1.807, 2.05) is 6.07 Å². The molecule has 0 radical (unpaired) electrons. The van der Waals surface area contributed by atoms with E-state index in [9.17, 15) is 0 Å². The molecule has 1 nitrogen and oxygen atoms in total. The second kappa shape index (κ2) is 6.04. The Morgan fingerprint density at radius 1 is 1.25 bits per heavy atom. The molecule has 12 heavy (non-hydrogen) atoms. The molecule has 0 aromatic heterocycles. The average molecular weight is 186 g/mol. The summed E-state index contributed by atoms with van der Waals surface area (Å²) in [6, 6.07) is 10.5. The van der Waals surface area contributed by atoms with Crippen LogP contribution in [-0.4, -0.2) is 6.54 Å². The van der Waals surface area contributed by atoms with E-state index >= 15 is 0 Å². The topological polar surface area (TPSA) is 26.0 Å². The molecule has 1 rings (SSSR count). The number of benzene rings is 1. The van der Waals surface area contributed by atoms with Gasteiger partial charge in [-0.25, -0.2) is 0 Å². The van der Waals surface area contributed by atoms with E-state index in [-0.39, 0.29) is 12.4 Å². The second-order valence-corrected chi connectivity index (χ2v) is 2.89. The van der Waals surface area contributed by atoms with Gasteiger partial charge in [0.2, 0.25) is 0 Å². The zero-order chi connectivity index (χ0) is 8.10. The maximum Gasteiger partial charge on any atom is -0.00715 e. The number of hydrogen-bond donors (Lipinski definition) is 1. The van der Waals surface area contributed by atoms with Gasteiger partial charge in [-0.05, 0) is 24.4 Å². The zero-order valence-corrected chi connectivity index (χ0v) is 8.18. The molecule has 2 N–H and O–H groups in total. The van der Waals surface area contributed by atoms with Crippen LogP contribution in [-0.2, 0) is 0 Å². The minimum atomic E-state index is 0. The smallest absolute Gasteiger partial charge is 0.00715 e. The molecule has 0 heterocycles. The molecular formula is C10H16ClN. The van der Waals surface area contributed by atoms with E-state index in [4.69, 9.17) is 5.73 Å². The fraction of sp³-hybridized carbons (Fsp3) is 0.400. The summed E-state index contributed by atoms with van der Waals surface area (Å²) in [7, 11) is 0. The SMILES string of the molecule is C[C@@H](CCN)c1ccccc1.Cl. The Labute approximate surface area is 80.4 Å². The molecule has 2 heteroatoms. The van der Waals surface area contributed by atoms with Crippen LogP contribution in [0, 0.1) is 0 Å². The van der Waals surface area contributed by atoms with Gasteiger partial charge in [0.15, 0.2) is 0 Å². The molecule has 0 saturated carbocycles. The third-order valence-corrected chi connectivity index (χ3v) is 1.97. The van der Waals surface area contributed by atoms with Crippen molar-refractivity contribution in [3.63, 3.8) is 0 Å². The lowest BCUT2D eigenvalue weighted by Crippen LogP contribution is -2.04. The normalized spacial score (nSPS) is 11.8. The molecule has 1 atom stereocenters. The van der Waals surface area contributed by atoms with Crippen molar-refractivity contribution in [1.82, 2.24) is 0 Å². The monoisotopic (exact) mass is 185 g/mol. The van der Waals surface area contributed by atoms with Gasteiger partial charge in [-0.2, -0.15) is 0 Å². The lowest BCUT2D eigenvalue weighted by Gasteiger charge is -2.08. The number of rotatable bonds is 3. The quantitative estimate of drug-likeness (QED) is 0.770. The highest BCUT2D eigenvalue weighted by molar-refractivity contribution is 5.85. The second-order valence-electron chi connectivity index (χ2n) is 2.89. The van der Waals surface area contributed by atoms with Gasteiger partial charge in [0.05, 0.1) is 0 Å². The Morgan fingerprint density at radius 3 is 2.33 bits per heavy atom. The van der Waals surface area contributed by atoms with Crippen LogP contribution in [0.2, 0.25) is 0 Å². The summed E-state index contributed by atoms with van der Waals surface area (Å²) in [6.07, 6.45) is 1.07. The highest BCUT2D eigenvalue weighted by Crippen LogP contribution is 2.16. The Balaban J connectivity index is 0.00000121. The van der Waals surface area contributed by atoms with Crippen LogP contribution in [0.15, 0.2) is 30.3 Å². The summed E-state index contributed by atoms with van der Waals surface area (Å²) >= 11 is 0. The first-order valence-electron chi connectivity index (χ1n) is 4.09. The first-order chi connectivity index (χ1) is 5.34. The summed E-state index contributed by atoms with van der Waals surface area (Å²) in [6.45, 7) is 2.98. The van der Waals surface area contributed by atoms with Crippen LogP contribution in [0.1, 0.15) is 24.8 Å². The van der Waals surface area contributed by atoms with E-state index in [0.717, 1.165) is 13.0 Å². The zero-order valence-electron chi connectivity index (χ0n) is 7.36. The minimum Gasteiger partial charge on any atom is -0.330 e.